The first kappa shape index (κ1) is 19.2. The van der Waals surface area contributed by atoms with E-state index in [-0.39, 0.29) is 0 Å². The smallest absolute Gasteiger partial charge is 0.412 e. The molecule has 4 rings (SSSR count). The number of nitrogens with one attached hydrogen (secondary N) is 1. The summed E-state index contributed by atoms with van der Waals surface area (Å²) in [5.74, 6) is 1.29. The topological polar surface area (TPSA) is 116 Å². The number of carbonyl (C=O) groups excluding carboxylic acids is 1. The third kappa shape index (κ3) is 4.49. The fourth-order valence-electron chi connectivity index (χ4n) is 2.65. The van der Waals surface area contributed by atoms with Crippen LogP contribution in [-0.2, 0) is 4.74 Å². The van der Waals surface area contributed by atoms with Gasteiger partial charge in [0.05, 0.1) is 11.4 Å². The molecular weight excluding hydrogens is 386 g/mol. The van der Waals surface area contributed by atoms with Gasteiger partial charge >= 0.3 is 6.09 Å². The van der Waals surface area contributed by atoms with Gasteiger partial charge in [-0.25, -0.2) is 19.7 Å². The molecule has 0 fully saturated rings. The quantitative estimate of drug-likeness (QED) is 0.546. The van der Waals surface area contributed by atoms with E-state index in [0.717, 1.165) is 0 Å². The lowest BCUT2D eigenvalue weighted by Crippen LogP contribution is -2.27. The zero-order valence-electron chi connectivity index (χ0n) is 16.6. The van der Waals surface area contributed by atoms with Crippen molar-refractivity contribution in [2.24, 2.45) is 0 Å². The summed E-state index contributed by atoms with van der Waals surface area (Å²) in [6.45, 7) is 5.40. The van der Waals surface area contributed by atoms with E-state index in [1.54, 1.807) is 67.9 Å². The van der Waals surface area contributed by atoms with Gasteiger partial charge in [-0.3, -0.25) is 5.32 Å². The minimum atomic E-state index is -0.585. The molecule has 0 bridgehead atoms. The van der Waals surface area contributed by atoms with Gasteiger partial charge in [-0.2, -0.15) is 14.6 Å². The van der Waals surface area contributed by atoms with E-state index in [1.807, 2.05) is 0 Å². The van der Waals surface area contributed by atoms with Crippen LogP contribution in [0.2, 0.25) is 0 Å². The van der Waals surface area contributed by atoms with Crippen molar-refractivity contribution in [3.63, 3.8) is 0 Å². The highest BCUT2D eigenvalue weighted by atomic mass is 16.6. The second kappa shape index (κ2) is 7.74. The van der Waals surface area contributed by atoms with Gasteiger partial charge in [0.25, 0.3) is 5.78 Å². The number of hydrogen-bond acceptors (Lipinski definition) is 8. The molecule has 1 N–H and O–H groups in total. The summed E-state index contributed by atoms with van der Waals surface area (Å²) >= 11 is 0. The lowest BCUT2D eigenvalue weighted by Gasteiger charge is -2.19. The lowest BCUT2D eigenvalue weighted by atomic mass is 10.2. The van der Waals surface area contributed by atoms with Crippen molar-refractivity contribution in [3.8, 4) is 23.0 Å². The summed E-state index contributed by atoms with van der Waals surface area (Å²) in [7, 11) is 0. The number of hydrogen-bond donors (Lipinski definition) is 1. The molecule has 3 aromatic heterocycles. The number of aromatic nitrogens is 6. The summed E-state index contributed by atoms with van der Waals surface area (Å²) in [5.41, 5.74) is 1.25. The van der Waals surface area contributed by atoms with Gasteiger partial charge in [0.2, 0.25) is 5.88 Å². The Hall–Kier alpha value is -4.08. The van der Waals surface area contributed by atoms with Crippen LogP contribution < -0.4 is 10.1 Å². The maximum absolute atomic E-state index is 12.0. The predicted octanol–water partition coefficient (Wildman–Crippen LogP) is 3.72. The van der Waals surface area contributed by atoms with Crippen LogP contribution in [0.1, 0.15) is 20.8 Å². The minimum absolute atomic E-state index is 0.333. The number of carbonyl (C=O) groups is 1. The molecule has 0 aliphatic carbocycles. The van der Waals surface area contributed by atoms with Crippen molar-refractivity contribution in [3.05, 3.63) is 55.2 Å². The van der Waals surface area contributed by atoms with Crippen molar-refractivity contribution in [2.45, 2.75) is 26.4 Å². The van der Waals surface area contributed by atoms with Gasteiger partial charge in [-0.1, -0.05) is 6.07 Å². The highest BCUT2D eigenvalue weighted by molar-refractivity contribution is 5.85. The Morgan fingerprint density at radius 2 is 1.90 bits per heavy atom. The maximum atomic E-state index is 12.0. The second-order valence-electron chi connectivity index (χ2n) is 7.30. The van der Waals surface area contributed by atoms with Gasteiger partial charge in [-0.05, 0) is 39.0 Å². The molecule has 0 spiro atoms. The number of nitrogens with zero attached hydrogens (tertiary/aromatic N) is 6. The molecule has 30 heavy (non-hydrogen) atoms. The first-order chi connectivity index (χ1) is 14.4. The molecule has 0 unspecified atom stereocenters. The summed E-state index contributed by atoms with van der Waals surface area (Å²) in [5, 5.41) is 6.84. The average Bonchev–Trinajstić information content (AvgIpc) is 3.16. The molecule has 3 heterocycles. The Labute approximate surface area is 171 Å². The van der Waals surface area contributed by atoms with Crippen LogP contribution in [0.4, 0.5) is 10.5 Å². The van der Waals surface area contributed by atoms with E-state index in [2.05, 4.69) is 30.4 Å². The van der Waals surface area contributed by atoms with Crippen LogP contribution >= 0.6 is 0 Å². The fourth-order valence-corrected chi connectivity index (χ4v) is 2.65. The van der Waals surface area contributed by atoms with Crippen molar-refractivity contribution >= 4 is 17.6 Å². The SMILES string of the molecule is CC(C)(C)OC(=O)Nc1cccc(Oc2cc(-c3ccnc4ncnn34)ncn2)c1. The first-order valence-corrected chi connectivity index (χ1v) is 9.12. The predicted molar refractivity (Wildman–Crippen MR) is 108 cm³/mol. The summed E-state index contributed by atoms with van der Waals surface area (Å²) in [6.07, 6.45) is 3.91. The van der Waals surface area contributed by atoms with E-state index in [4.69, 9.17) is 9.47 Å². The van der Waals surface area contributed by atoms with E-state index in [1.165, 1.54) is 12.7 Å². The molecule has 0 saturated heterocycles. The lowest BCUT2D eigenvalue weighted by molar-refractivity contribution is 0.0636. The standard InChI is InChI=1S/C20H19N7O3/c1-20(2,3)30-19(28)26-13-5-4-6-14(9-13)29-17-10-15(22-11-23-17)16-7-8-21-18-24-12-25-27(16)18/h4-12H,1-3H3,(H,26,28). The number of fused-ring (bicyclic) bond motifs is 1. The fraction of sp³-hybridized carbons (Fsp3) is 0.200. The number of amides is 1. The molecule has 0 radical (unpaired) electrons. The van der Waals surface area contributed by atoms with Gasteiger partial charge < -0.3 is 9.47 Å². The molecule has 4 aromatic rings. The average molecular weight is 405 g/mol. The third-order valence-corrected chi connectivity index (χ3v) is 3.79. The molecular formula is C20H19N7O3. The summed E-state index contributed by atoms with van der Waals surface area (Å²) in [6, 6.07) is 10.4. The van der Waals surface area contributed by atoms with Crippen molar-refractivity contribution < 1.29 is 14.3 Å². The van der Waals surface area contributed by atoms with Crippen LogP contribution in [0.5, 0.6) is 11.6 Å². The molecule has 10 nitrogen and oxygen atoms in total. The first-order valence-electron chi connectivity index (χ1n) is 9.12. The van der Waals surface area contributed by atoms with Gasteiger partial charge in [-0.15, -0.1) is 0 Å². The van der Waals surface area contributed by atoms with Crippen molar-refractivity contribution in [1.82, 2.24) is 29.5 Å². The van der Waals surface area contributed by atoms with Crippen LogP contribution in [0.25, 0.3) is 17.2 Å². The minimum Gasteiger partial charge on any atom is -0.444 e. The molecule has 0 aliphatic heterocycles. The van der Waals surface area contributed by atoms with E-state index >= 15 is 0 Å². The number of benzene rings is 1. The largest absolute Gasteiger partial charge is 0.444 e. The summed E-state index contributed by atoms with van der Waals surface area (Å²) < 4.78 is 12.7. The molecule has 10 heteroatoms. The van der Waals surface area contributed by atoms with E-state index < -0.39 is 11.7 Å². The highest BCUT2D eigenvalue weighted by Gasteiger charge is 2.16. The Balaban J connectivity index is 1.54. The van der Waals surface area contributed by atoms with Crippen molar-refractivity contribution in [2.75, 3.05) is 5.32 Å². The van der Waals surface area contributed by atoms with Crippen LogP contribution in [-0.4, -0.2) is 41.2 Å². The van der Waals surface area contributed by atoms with E-state index in [0.29, 0.717) is 34.5 Å². The summed E-state index contributed by atoms with van der Waals surface area (Å²) in [4.78, 5) is 28.6. The Kier molecular flexibility index (Phi) is 4.97. The number of anilines is 1. The normalized spacial score (nSPS) is 11.3. The molecule has 0 aliphatic rings. The molecule has 1 aromatic carbocycles. The zero-order valence-corrected chi connectivity index (χ0v) is 16.6. The molecule has 152 valence electrons. The molecule has 0 atom stereocenters. The second-order valence-corrected chi connectivity index (χ2v) is 7.30. The number of rotatable bonds is 4. The third-order valence-electron chi connectivity index (χ3n) is 3.79. The Bertz CT molecular complexity index is 1200. The van der Waals surface area contributed by atoms with Gasteiger partial charge in [0, 0.05) is 24.0 Å². The van der Waals surface area contributed by atoms with Crippen LogP contribution in [0.15, 0.2) is 55.2 Å². The molecule has 1 amide bonds. The maximum Gasteiger partial charge on any atom is 0.412 e. The van der Waals surface area contributed by atoms with E-state index in [9.17, 15) is 4.79 Å². The van der Waals surface area contributed by atoms with Crippen LogP contribution in [0, 0.1) is 0 Å². The Morgan fingerprint density at radius 1 is 1.03 bits per heavy atom. The Morgan fingerprint density at radius 3 is 2.73 bits per heavy atom. The van der Waals surface area contributed by atoms with Crippen molar-refractivity contribution in [1.29, 1.82) is 0 Å². The monoisotopic (exact) mass is 405 g/mol. The van der Waals surface area contributed by atoms with Gasteiger partial charge in [0.15, 0.2) is 0 Å². The number of ether oxygens (including phenoxy) is 2. The van der Waals surface area contributed by atoms with Gasteiger partial charge in [0.1, 0.15) is 24.0 Å². The highest BCUT2D eigenvalue weighted by Crippen LogP contribution is 2.26. The van der Waals surface area contributed by atoms with Crippen LogP contribution in [0.3, 0.4) is 0 Å². The molecule has 0 saturated carbocycles. The zero-order chi connectivity index (χ0) is 21.1.